The van der Waals surface area contributed by atoms with Crippen LogP contribution in [0.15, 0.2) is 86.8 Å². The number of aliphatic hydroxyl groups excluding tert-OH is 2. The predicted molar refractivity (Wildman–Crippen MR) is 185 cm³/mol. The third-order valence-corrected chi connectivity index (χ3v) is 9.67. The van der Waals surface area contributed by atoms with Crippen molar-refractivity contribution >= 4 is 56.7 Å². The number of rotatable bonds is 19. The van der Waals surface area contributed by atoms with Crippen LogP contribution < -0.4 is 9.47 Å². The first kappa shape index (κ1) is 35.4. The first-order chi connectivity index (χ1) is 23.6. The molecule has 0 bridgehead atoms. The van der Waals surface area contributed by atoms with Crippen LogP contribution >= 0.6 is 23.1 Å². The minimum atomic E-state index is -0.240. The summed E-state index contributed by atoms with van der Waals surface area (Å²) in [6, 6.07) is 17.8. The summed E-state index contributed by atoms with van der Waals surface area (Å²) in [6.45, 7) is 3.80. The average Bonchev–Trinajstić information content (AvgIpc) is 3.65. The number of aliphatic hydroxyl groups is 2. The van der Waals surface area contributed by atoms with Gasteiger partial charge in [0.15, 0.2) is 12.3 Å². The van der Waals surface area contributed by atoms with E-state index in [4.69, 9.17) is 29.2 Å². The number of hydrogen-bond acceptors (Lipinski definition) is 11. The predicted octanol–water partition coefficient (Wildman–Crippen LogP) is 3.65. The van der Waals surface area contributed by atoms with Gasteiger partial charge in [0.2, 0.25) is 5.52 Å². The number of nitrogens with zero attached hydrogens (tertiary/aromatic N) is 4. The van der Waals surface area contributed by atoms with Crippen molar-refractivity contribution in [3.63, 3.8) is 0 Å². The van der Waals surface area contributed by atoms with Crippen molar-refractivity contribution < 1.29 is 38.5 Å². The van der Waals surface area contributed by atoms with Crippen LogP contribution in [0.4, 0.5) is 5.69 Å². The normalized spacial score (nSPS) is 15.7. The molecule has 1 aliphatic carbocycles. The molecule has 13 heteroatoms. The van der Waals surface area contributed by atoms with Crippen LogP contribution in [0.2, 0.25) is 0 Å². The lowest BCUT2D eigenvalue weighted by atomic mass is 9.77. The lowest BCUT2D eigenvalue weighted by Crippen LogP contribution is -2.38. The van der Waals surface area contributed by atoms with Crippen LogP contribution in [0.1, 0.15) is 5.01 Å². The summed E-state index contributed by atoms with van der Waals surface area (Å²) in [5, 5.41) is 39.2. The molecular formula is C35H36N4O7S2. The average molecular weight is 689 g/mol. The van der Waals surface area contributed by atoms with Crippen molar-refractivity contribution in [1.82, 2.24) is 0 Å². The van der Waals surface area contributed by atoms with Gasteiger partial charge < -0.3 is 39.5 Å². The van der Waals surface area contributed by atoms with Gasteiger partial charge in [-0.25, -0.2) is 5.87 Å². The van der Waals surface area contributed by atoms with Gasteiger partial charge in [-0.2, -0.15) is 9.83 Å². The standard InChI is InChI=1S/C35H36N4O7S2/c36-23-25(24-37)34-26(21-32-38(9-13-43-17-19-45-15-11-40)28-5-1-3-7-30(28)47-32)35(42)27(34)22-33-39(10-14-44-18-20-46-16-12-41)29-6-2-4-8-31(29)48-33/h1-8,21-22,40-41H,9-20H2. The largest absolute Gasteiger partial charge is 0.762 e. The number of anilines is 1. The number of ether oxygens (including phenoxy) is 4. The zero-order valence-electron chi connectivity index (χ0n) is 26.3. The van der Waals surface area contributed by atoms with E-state index >= 15 is 0 Å². The van der Waals surface area contributed by atoms with Crippen LogP contribution in [-0.4, -0.2) is 94.5 Å². The molecule has 0 spiro atoms. The van der Waals surface area contributed by atoms with E-state index in [2.05, 4.69) is 9.47 Å². The molecule has 2 aromatic carbocycles. The number of carbonyl (C=O) groups is 1. The van der Waals surface area contributed by atoms with Gasteiger partial charge in [-0.3, -0.25) is 4.79 Å². The Hall–Kier alpha value is -3.93. The second-order valence-corrected chi connectivity index (χ2v) is 12.6. The molecule has 0 fully saturated rings. The summed E-state index contributed by atoms with van der Waals surface area (Å²) in [6.07, 6.45) is 3.54. The zero-order chi connectivity index (χ0) is 33.7. The van der Waals surface area contributed by atoms with Crippen molar-refractivity contribution in [2.75, 3.05) is 77.5 Å². The summed E-state index contributed by atoms with van der Waals surface area (Å²) < 4.78 is 25.1. The molecule has 2 N–H and O–H groups in total. The van der Waals surface area contributed by atoms with Gasteiger partial charge in [0.25, 0.3) is 5.01 Å². The maximum Gasteiger partial charge on any atom is 0.263 e. The smallest absolute Gasteiger partial charge is 0.263 e. The van der Waals surface area contributed by atoms with E-state index in [9.17, 15) is 15.5 Å². The number of Topliss-reactive ketones (excluding diaryl/α,β-unsaturated/α-hetero) is 1. The maximum absolute atomic E-state index is 13.8. The van der Waals surface area contributed by atoms with Crippen molar-refractivity contribution in [2.45, 2.75) is 11.4 Å². The van der Waals surface area contributed by atoms with Gasteiger partial charge in [0.05, 0.1) is 75.8 Å². The van der Waals surface area contributed by atoms with Crippen LogP contribution in [0.25, 0.3) is 21.7 Å². The summed E-state index contributed by atoms with van der Waals surface area (Å²) >= 11 is 3.03. The number of hydrogen-bond donors (Lipinski definition) is 2. The lowest BCUT2D eigenvalue weighted by molar-refractivity contribution is -0.670. The van der Waals surface area contributed by atoms with Crippen molar-refractivity contribution in [3.8, 4) is 6.07 Å². The SMILES string of the molecule is N#CC(=C=[N-])C1=C(/C=C2\Sc3ccccc3N2CCOCCOCCO)C(=O)/C1=C\c1sc2ccccc2[n+]1CCOCCOCCO. The molecule has 1 aromatic heterocycles. The number of ketones is 1. The van der Waals surface area contributed by atoms with Gasteiger partial charge in [0.1, 0.15) is 17.4 Å². The molecule has 5 rings (SSSR count). The van der Waals surface area contributed by atoms with E-state index in [0.29, 0.717) is 69.5 Å². The summed E-state index contributed by atoms with van der Waals surface area (Å²) in [4.78, 5) is 16.9. The molecule has 3 aromatic rings. The number of thioether (sulfide) groups is 1. The number of nitriles is 1. The molecule has 11 nitrogen and oxygen atoms in total. The maximum atomic E-state index is 13.8. The fourth-order valence-electron chi connectivity index (χ4n) is 5.25. The lowest BCUT2D eigenvalue weighted by Gasteiger charge is -2.25. The van der Waals surface area contributed by atoms with Crippen molar-refractivity contribution in [3.05, 3.63) is 92.3 Å². The van der Waals surface area contributed by atoms with Crippen LogP contribution in [0, 0.1) is 11.3 Å². The Morgan fingerprint density at radius 3 is 2.27 bits per heavy atom. The van der Waals surface area contributed by atoms with E-state index in [1.807, 2.05) is 60.5 Å². The second kappa shape index (κ2) is 18.0. The molecular weight excluding hydrogens is 653 g/mol. The van der Waals surface area contributed by atoms with Gasteiger partial charge in [-0.1, -0.05) is 47.4 Å². The molecule has 250 valence electrons. The first-order valence-electron chi connectivity index (χ1n) is 15.5. The molecule has 0 saturated heterocycles. The minimum Gasteiger partial charge on any atom is -0.762 e. The Morgan fingerprint density at radius 1 is 0.896 bits per heavy atom. The molecule has 0 radical (unpaired) electrons. The minimum absolute atomic E-state index is 0.0390. The summed E-state index contributed by atoms with van der Waals surface area (Å²) in [7, 11) is 0. The van der Waals surface area contributed by atoms with Gasteiger partial charge in [-0.05, 0) is 24.3 Å². The fraction of sp³-hybridized carbons (Fsp3) is 0.343. The number of allylic oxidation sites excluding steroid dienone is 5. The highest BCUT2D eigenvalue weighted by atomic mass is 32.2. The summed E-state index contributed by atoms with van der Waals surface area (Å²) in [5.74, 6) is 1.76. The highest BCUT2D eigenvalue weighted by molar-refractivity contribution is 8.03. The van der Waals surface area contributed by atoms with Crippen LogP contribution in [0.5, 0.6) is 0 Å². The Kier molecular flexibility index (Phi) is 13.3. The summed E-state index contributed by atoms with van der Waals surface area (Å²) in [5.41, 5.74) is 2.82. The first-order valence-corrected chi connectivity index (χ1v) is 17.1. The van der Waals surface area contributed by atoms with Crippen molar-refractivity contribution in [1.29, 1.82) is 5.26 Å². The monoisotopic (exact) mass is 688 g/mol. The van der Waals surface area contributed by atoms with Crippen LogP contribution in [0.3, 0.4) is 0 Å². The number of aromatic nitrogens is 1. The van der Waals surface area contributed by atoms with E-state index < -0.39 is 0 Å². The van der Waals surface area contributed by atoms with E-state index in [1.165, 1.54) is 23.1 Å². The molecule has 0 saturated carbocycles. The fourth-order valence-corrected chi connectivity index (χ4v) is 7.51. The molecule has 2 heterocycles. The van der Waals surface area contributed by atoms with E-state index in [0.717, 1.165) is 30.8 Å². The number of carbonyl (C=O) groups excluding carboxylic acids is 1. The Labute approximate surface area is 287 Å². The number of fused-ring (bicyclic) bond motifs is 2. The zero-order valence-corrected chi connectivity index (χ0v) is 27.9. The molecule has 0 unspecified atom stereocenters. The molecule has 0 amide bonds. The van der Waals surface area contributed by atoms with Crippen LogP contribution in [-0.2, 0) is 30.3 Å². The third-order valence-electron chi connectivity index (χ3n) is 7.44. The van der Waals surface area contributed by atoms with E-state index in [1.54, 1.807) is 12.2 Å². The number of thiazole rings is 1. The molecule has 2 aliphatic rings. The number of benzene rings is 2. The van der Waals surface area contributed by atoms with E-state index in [-0.39, 0.29) is 37.8 Å². The Morgan fingerprint density at radius 2 is 1.56 bits per heavy atom. The van der Waals surface area contributed by atoms with Gasteiger partial charge in [-0.15, -0.1) is 0 Å². The Balaban J connectivity index is 1.42. The second-order valence-electron chi connectivity index (χ2n) is 10.4. The van der Waals surface area contributed by atoms with Crippen molar-refractivity contribution in [2.24, 2.45) is 0 Å². The van der Waals surface area contributed by atoms with Gasteiger partial charge >= 0.3 is 0 Å². The molecule has 0 atom stereocenters. The molecule has 1 aliphatic heterocycles. The Bertz CT molecular complexity index is 1800. The van der Waals surface area contributed by atoms with Gasteiger partial charge in [0, 0.05) is 40.3 Å². The quantitative estimate of drug-likeness (QED) is 0.0629. The highest BCUT2D eigenvalue weighted by Gasteiger charge is 2.37. The number of para-hydroxylation sites is 2. The topological polar surface area (TPSA) is 148 Å². The third kappa shape index (κ3) is 8.37. The molecule has 48 heavy (non-hydrogen) atoms. The highest BCUT2D eigenvalue weighted by Crippen LogP contribution is 2.48.